The molecule has 1 saturated heterocycles. The van der Waals surface area contributed by atoms with Crippen LogP contribution in [0.4, 0.5) is 0 Å². The number of hydrogen-bond acceptors (Lipinski definition) is 2. The Morgan fingerprint density at radius 1 is 1.43 bits per heavy atom. The van der Waals surface area contributed by atoms with E-state index in [-0.39, 0.29) is 0 Å². The summed E-state index contributed by atoms with van der Waals surface area (Å²) in [5, 5.41) is 10.4. The topological polar surface area (TPSA) is 56.3 Å². The number of nitrogens with one attached hydrogen (secondary N) is 1. The van der Waals surface area contributed by atoms with Gasteiger partial charge >= 0.3 is 5.97 Å². The standard InChI is InChI=1S/C17H18N2O2/c1-19-9-10(6-16(20)21)5-13-12-3-2-4-14-17(12)11(8-18-14)7-15(13)19/h2-4,6,8,13,15,18H,5,7,9H2,1H3,(H,20,21)/b10-6+/t13?,15-/m1/s1. The average Bonchev–Trinajstić information content (AvgIpc) is 2.84. The molecule has 108 valence electrons. The van der Waals surface area contributed by atoms with Gasteiger partial charge in [0.05, 0.1) is 0 Å². The first-order valence-corrected chi connectivity index (χ1v) is 7.35. The number of aliphatic carboxylic acids is 1. The normalized spacial score (nSPS) is 27.0. The number of nitrogens with zero attached hydrogens (tertiary/aromatic N) is 1. The van der Waals surface area contributed by atoms with E-state index in [4.69, 9.17) is 5.11 Å². The van der Waals surface area contributed by atoms with Crippen LogP contribution in [0.5, 0.6) is 0 Å². The van der Waals surface area contributed by atoms with E-state index < -0.39 is 5.97 Å². The number of carboxylic acid groups (broad SMARTS) is 1. The van der Waals surface area contributed by atoms with Gasteiger partial charge in [0.2, 0.25) is 0 Å². The molecule has 4 rings (SSSR count). The predicted octanol–water partition coefficient (Wildman–Crippen LogP) is 2.52. The van der Waals surface area contributed by atoms with Crippen molar-refractivity contribution in [2.75, 3.05) is 13.6 Å². The maximum absolute atomic E-state index is 11.0. The molecule has 1 fully saturated rings. The number of piperidine rings is 1. The predicted molar refractivity (Wildman–Crippen MR) is 81.5 cm³/mol. The third-order valence-corrected chi connectivity index (χ3v) is 4.94. The van der Waals surface area contributed by atoms with Crippen molar-refractivity contribution in [3.63, 3.8) is 0 Å². The van der Waals surface area contributed by atoms with E-state index in [9.17, 15) is 4.79 Å². The fourth-order valence-electron chi connectivity index (χ4n) is 4.10. The van der Waals surface area contributed by atoms with Crippen LogP contribution in [0, 0.1) is 0 Å². The first-order valence-electron chi connectivity index (χ1n) is 7.35. The Bertz CT molecular complexity index is 759. The molecule has 21 heavy (non-hydrogen) atoms. The molecule has 1 unspecified atom stereocenters. The van der Waals surface area contributed by atoms with Gasteiger partial charge in [0, 0.05) is 41.7 Å². The number of hydrogen-bond donors (Lipinski definition) is 2. The molecule has 0 bridgehead atoms. The molecule has 1 aromatic heterocycles. The van der Waals surface area contributed by atoms with E-state index in [1.165, 1.54) is 28.1 Å². The highest BCUT2D eigenvalue weighted by Crippen LogP contribution is 2.43. The van der Waals surface area contributed by atoms with Gasteiger partial charge in [-0.25, -0.2) is 4.79 Å². The van der Waals surface area contributed by atoms with Crippen molar-refractivity contribution in [3.8, 4) is 0 Å². The van der Waals surface area contributed by atoms with Crippen molar-refractivity contribution in [1.29, 1.82) is 0 Å². The zero-order valence-corrected chi connectivity index (χ0v) is 12.0. The third kappa shape index (κ3) is 1.90. The summed E-state index contributed by atoms with van der Waals surface area (Å²) in [7, 11) is 2.10. The first kappa shape index (κ1) is 12.7. The number of aromatic nitrogens is 1. The number of likely N-dealkylation sites (N-methyl/N-ethyl adjacent to an activating group) is 1. The van der Waals surface area contributed by atoms with Crippen LogP contribution in [-0.2, 0) is 11.2 Å². The number of H-pyrrole nitrogens is 1. The molecule has 2 aromatic rings. The van der Waals surface area contributed by atoms with E-state index >= 15 is 0 Å². The van der Waals surface area contributed by atoms with E-state index in [0.29, 0.717) is 12.0 Å². The summed E-state index contributed by atoms with van der Waals surface area (Å²) in [4.78, 5) is 16.6. The SMILES string of the molecule is CN1C/C(=C/C(=O)O)CC2c3cccc4[nH]cc(c34)C[C@H]21. The summed E-state index contributed by atoms with van der Waals surface area (Å²) >= 11 is 0. The first-order chi connectivity index (χ1) is 10.1. The van der Waals surface area contributed by atoms with Crippen LogP contribution in [0.25, 0.3) is 10.9 Å². The van der Waals surface area contributed by atoms with Gasteiger partial charge < -0.3 is 10.1 Å². The molecule has 0 spiro atoms. The molecule has 1 aliphatic carbocycles. The van der Waals surface area contributed by atoms with Gasteiger partial charge in [0.1, 0.15) is 0 Å². The summed E-state index contributed by atoms with van der Waals surface area (Å²) in [5.41, 5.74) is 4.96. The van der Waals surface area contributed by atoms with Gasteiger partial charge in [0.15, 0.2) is 0 Å². The van der Waals surface area contributed by atoms with Gasteiger partial charge in [-0.05, 0) is 42.7 Å². The average molecular weight is 282 g/mol. The van der Waals surface area contributed by atoms with Crippen molar-refractivity contribution in [2.24, 2.45) is 0 Å². The number of likely N-dealkylation sites (tertiary alicyclic amines) is 1. The Kier molecular flexibility index (Phi) is 2.69. The van der Waals surface area contributed by atoms with E-state index in [1.807, 2.05) is 0 Å². The fraction of sp³-hybridized carbons (Fsp3) is 0.353. The minimum Gasteiger partial charge on any atom is -0.478 e. The summed E-state index contributed by atoms with van der Waals surface area (Å²) < 4.78 is 0. The molecule has 0 radical (unpaired) electrons. The van der Waals surface area contributed by atoms with E-state index in [1.54, 1.807) is 0 Å². The van der Waals surface area contributed by atoms with E-state index in [2.05, 4.69) is 41.3 Å². The largest absolute Gasteiger partial charge is 0.478 e. The molecule has 2 aliphatic rings. The zero-order chi connectivity index (χ0) is 14.6. The lowest BCUT2D eigenvalue weighted by Gasteiger charge is -2.43. The van der Waals surface area contributed by atoms with Crippen LogP contribution in [0.2, 0.25) is 0 Å². The molecular formula is C17H18N2O2. The summed E-state index contributed by atoms with van der Waals surface area (Å²) in [6, 6.07) is 6.87. The van der Waals surface area contributed by atoms with Crippen molar-refractivity contribution in [1.82, 2.24) is 9.88 Å². The molecule has 4 nitrogen and oxygen atoms in total. The lowest BCUT2D eigenvalue weighted by Crippen LogP contribution is -2.45. The van der Waals surface area contributed by atoms with Gasteiger partial charge in [0.25, 0.3) is 0 Å². The van der Waals surface area contributed by atoms with Gasteiger partial charge in [-0.2, -0.15) is 0 Å². The summed E-state index contributed by atoms with van der Waals surface area (Å²) in [5.74, 6) is -0.449. The van der Waals surface area contributed by atoms with Crippen LogP contribution in [0.15, 0.2) is 36.0 Å². The molecule has 1 aliphatic heterocycles. The Balaban J connectivity index is 1.83. The van der Waals surface area contributed by atoms with Gasteiger partial charge in [-0.1, -0.05) is 12.1 Å². The zero-order valence-electron chi connectivity index (χ0n) is 12.0. The van der Waals surface area contributed by atoms with Crippen molar-refractivity contribution >= 4 is 16.9 Å². The molecule has 0 amide bonds. The van der Waals surface area contributed by atoms with E-state index in [0.717, 1.165) is 25.0 Å². The Labute approximate surface area is 123 Å². The maximum atomic E-state index is 11.0. The highest BCUT2D eigenvalue weighted by atomic mass is 16.4. The van der Waals surface area contributed by atoms with Crippen LogP contribution in [0.3, 0.4) is 0 Å². The number of fused-ring (bicyclic) bond motifs is 2. The molecule has 4 heteroatoms. The summed E-state index contributed by atoms with van der Waals surface area (Å²) in [6.45, 7) is 0.753. The number of carboxylic acids is 1. The van der Waals surface area contributed by atoms with Crippen molar-refractivity contribution in [3.05, 3.63) is 47.2 Å². The number of aromatic amines is 1. The summed E-state index contributed by atoms with van der Waals surface area (Å²) in [6.07, 6.45) is 5.41. The molecule has 1 aromatic carbocycles. The Hall–Kier alpha value is -2.07. The molecule has 0 saturated carbocycles. The second-order valence-corrected chi connectivity index (χ2v) is 6.22. The quantitative estimate of drug-likeness (QED) is 0.790. The van der Waals surface area contributed by atoms with Crippen LogP contribution in [0.1, 0.15) is 23.5 Å². The second kappa shape index (κ2) is 4.46. The highest BCUT2D eigenvalue weighted by Gasteiger charge is 2.37. The van der Waals surface area contributed by atoms with Gasteiger partial charge in [-0.3, -0.25) is 4.90 Å². The van der Waals surface area contributed by atoms with Gasteiger partial charge in [-0.15, -0.1) is 0 Å². The lowest BCUT2D eigenvalue weighted by molar-refractivity contribution is -0.131. The molecule has 2 N–H and O–H groups in total. The molecule has 2 atom stereocenters. The third-order valence-electron chi connectivity index (χ3n) is 4.94. The maximum Gasteiger partial charge on any atom is 0.328 e. The highest BCUT2D eigenvalue weighted by molar-refractivity contribution is 5.88. The van der Waals surface area contributed by atoms with Crippen molar-refractivity contribution < 1.29 is 9.90 Å². The Morgan fingerprint density at radius 3 is 3.10 bits per heavy atom. The Morgan fingerprint density at radius 2 is 2.29 bits per heavy atom. The number of carbonyl (C=O) groups is 1. The number of benzene rings is 1. The smallest absolute Gasteiger partial charge is 0.328 e. The van der Waals surface area contributed by atoms with Crippen molar-refractivity contribution in [2.45, 2.75) is 24.8 Å². The lowest BCUT2D eigenvalue weighted by atomic mass is 9.74. The fourth-order valence-corrected chi connectivity index (χ4v) is 4.10. The van der Waals surface area contributed by atoms with Crippen LogP contribution < -0.4 is 0 Å². The minimum absolute atomic E-state index is 0.390. The molecule has 2 heterocycles. The number of rotatable bonds is 1. The van der Waals surface area contributed by atoms with Crippen LogP contribution >= 0.6 is 0 Å². The second-order valence-electron chi connectivity index (χ2n) is 6.22. The minimum atomic E-state index is -0.840. The molecular weight excluding hydrogens is 264 g/mol. The van der Waals surface area contributed by atoms with Crippen LogP contribution in [-0.4, -0.2) is 40.6 Å². The monoisotopic (exact) mass is 282 g/mol.